The normalized spacial score (nSPS) is 16.9. The molecule has 0 aliphatic carbocycles. The predicted molar refractivity (Wildman–Crippen MR) is 102 cm³/mol. The van der Waals surface area contributed by atoms with Gasteiger partial charge in [0.2, 0.25) is 11.1 Å². The molecular formula is C17H12Cl2FN5OS. The van der Waals surface area contributed by atoms with E-state index in [0.29, 0.717) is 28.8 Å². The number of hydrogen-bond donors (Lipinski definition) is 0. The van der Waals surface area contributed by atoms with E-state index in [9.17, 15) is 9.18 Å². The second-order valence-corrected chi connectivity index (χ2v) is 7.85. The number of amides is 1. The first-order valence-electron chi connectivity index (χ1n) is 8.00. The molecule has 0 radical (unpaired) electrons. The minimum absolute atomic E-state index is 0.0264. The van der Waals surface area contributed by atoms with Crippen molar-refractivity contribution in [2.75, 3.05) is 11.4 Å². The minimum atomic E-state index is -0.551. The van der Waals surface area contributed by atoms with Crippen LogP contribution in [0.15, 0.2) is 47.6 Å². The lowest BCUT2D eigenvalue weighted by atomic mass is 10.3. The van der Waals surface area contributed by atoms with E-state index in [1.54, 1.807) is 39.9 Å². The average Bonchev–Trinajstić information content (AvgIpc) is 3.26. The van der Waals surface area contributed by atoms with Gasteiger partial charge in [-0.2, -0.15) is 4.68 Å². The number of tetrazole rings is 1. The van der Waals surface area contributed by atoms with Gasteiger partial charge in [0.15, 0.2) is 0 Å². The summed E-state index contributed by atoms with van der Waals surface area (Å²) in [5, 5.41) is 12.5. The highest BCUT2D eigenvalue weighted by molar-refractivity contribution is 8.00. The first-order valence-corrected chi connectivity index (χ1v) is 9.64. The molecule has 1 atom stereocenters. The number of thioether (sulfide) groups is 1. The van der Waals surface area contributed by atoms with Gasteiger partial charge >= 0.3 is 0 Å². The van der Waals surface area contributed by atoms with E-state index in [0.717, 1.165) is 5.69 Å². The van der Waals surface area contributed by atoms with Gasteiger partial charge < -0.3 is 4.90 Å². The van der Waals surface area contributed by atoms with Crippen molar-refractivity contribution in [1.82, 2.24) is 20.2 Å². The quantitative estimate of drug-likeness (QED) is 0.634. The van der Waals surface area contributed by atoms with Gasteiger partial charge in [0.1, 0.15) is 5.82 Å². The van der Waals surface area contributed by atoms with Crippen LogP contribution in [0.5, 0.6) is 0 Å². The molecule has 1 aromatic heterocycles. The molecular weight excluding hydrogens is 412 g/mol. The molecule has 1 aliphatic rings. The van der Waals surface area contributed by atoms with Crippen LogP contribution in [0.3, 0.4) is 0 Å². The molecule has 6 nitrogen and oxygen atoms in total. The van der Waals surface area contributed by atoms with Gasteiger partial charge in [-0.25, -0.2) is 4.39 Å². The zero-order chi connectivity index (χ0) is 19.0. The maximum atomic E-state index is 13.7. The molecule has 3 aromatic rings. The molecule has 27 heavy (non-hydrogen) atoms. The summed E-state index contributed by atoms with van der Waals surface area (Å²) in [6.45, 7) is 0.486. The number of benzene rings is 2. The number of halogens is 3. The summed E-state index contributed by atoms with van der Waals surface area (Å²) in [5.74, 6) is -0.669. The topological polar surface area (TPSA) is 63.9 Å². The summed E-state index contributed by atoms with van der Waals surface area (Å²) in [6, 6.07) is 11.4. The molecule has 1 unspecified atom stereocenters. The molecule has 0 N–H and O–H groups in total. The zero-order valence-corrected chi connectivity index (χ0v) is 16.0. The van der Waals surface area contributed by atoms with Gasteiger partial charge in [0, 0.05) is 17.3 Å². The van der Waals surface area contributed by atoms with E-state index in [1.807, 2.05) is 0 Å². The van der Waals surface area contributed by atoms with E-state index in [2.05, 4.69) is 15.5 Å². The third-order valence-electron chi connectivity index (χ3n) is 4.13. The van der Waals surface area contributed by atoms with Crippen molar-refractivity contribution in [3.8, 4) is 5.69 Å². The molecule has 1 saturated heterocycles. The zero-order valence-electron chi connectivity index (χ0n) is 13.7. The van der Waals surface area contributed by atoms with Crippen LogP contribution in [0.1, 0.15) is 6.42 Å². The van der Waals surface area contributed by atoms with Crippen LogP contribution < -0.4 is 4.90 Å². The van der Waals surface area contributed by atoms with Gasteiger partial charge in [-0.1, -0.05) is 35.0 Å². The first kappa shape index (κ1) is 18.2. The Bertz CT molecular complexity index is 997. The first-order chi connectivity index (χ1) is 13.0. The summed E-state index contributed by atoms with van der Waals surface area (Å²) in [4.78, 5) is 14.3. The van der Waals surface area contributed by atoms with E-state index >= 15 is 0 Å². The summed E-state index contributed by atoms with van der Waals surface area (Å²) in [6.07, 6.45) is 0.598. The molecule has 0 spiro atoms. The van der Waals surface area contributed by atoms with Gasteiger partial charge in [-0.15, -0.1) is 5.10 Å². The number of nitrogens with zero attached hydrogens (tertiary/aromatic N) is 5. The molecule has 0 saturated carbocycles. The summed E-state index contributed by atoms with van der Waals surface area (Å²) in [7, 11) is 0. The highest BCUT2D eigenvalue weighted by Gasteiger charge is 2.35. The van der Waals surface area contributed by atoms with Crippen molar-refractivity contribution in [2.45, 2.75) is 16.8 Å². The molecule has 4 rings (SSSR count). The van der Waals surface area contributed by atoms with Crippen LogP contribution in [-0.4, -0.2) is 37.9 Å². The van der Waals surface area contributed by atoms with Gasteiger partial charge in [-0.3, -0.25) is 4.79 Å². The van der Waals surface area contributed by atoms with E-state index in [4.69, 9.17) is 23.2 Å². The largest absolute Gasteiger partial charge is 0.311 e. The second kappa shape index (κ2) is 7.46. The smallest absolute Gasteiger partial charge is 0.240 e. The number of carbonyl (C=O) groups excluding carboxylic acids is 1. The Morgan fingerprint density at radius 1 is 1.11 bits per heavy atom. The predicted octanol–water partition coefficient (Wildman–Crippen LogP) is 4.01. The Morgan fingerprint density at radius 3 is 2.59 bits per heavy atom. The standard InChI is InChI=1S/C17H12Cl2FN5OS/c18-10-1-3-11(4-2-10)25-17(21-22-23-25)27-15-7-8-24(16(15)26)12-5-6-13(19)14(20)9-12/h1-6,9,15H,7-8H2. The molecule has 1 amide bonds. The highest BCUT2D eigenvalue weighted by Crippen LogP contribution is 2.33. The molecule has 0 bridgehead atoms. The van der Waals surface area contributed by atoms with Crippen LogP contribution in [0, 0.1) is 5.82 Å². The van der Waals surface area contributed by atoms with Crippen LogP contribution in [0.4, 0.5) is 10.1 Å². The Kier molecular flexibility index (Phi) is 5.03. The van der Waals surface area contributed by atoms with Crippen LogP contribution in [0.25, 0.3) is 5.69 Å². The van der Waals surface area contributed by atoms with Gasteiger partial charge in [0.05, 0.1) is 16.0 Å². The van der Waals surface area contributed by atoms with Crippen molar-refractivity contribution in [3.63, 3.8) is 0 Å². The monoisotopic (exact) mass is 423 g/mol. The Hall–Kier alpha value is -2.16. The van der Waals surface area contributed by atoms with E-state index in [-0.39, 0.29) is 16.2 Å². The van der Waals surface area contributed by atoms with E-state index < -0.39 is 5.82 Å². The molecule has 10 heteroatoms. The van der Waals surface area contributed by atoms with Crippen molar-refractivity contribution in [3.05, 3.63) is 58.3 Å². The summed E-state index contributed by atoms with van der Waals surface area (Å²) < 4.78 is 15.3. The van der Waals surface area contributed by atoms with Crippen molar-refractivity contribution in [1.29, 1.82) is 0 Å². The van der Waals surface area contributed by atoms with Gasteiger partial charge in [0.25, 0.3) is 0 Å². The van der Waals surface area contributed by atoms with Crippen molar-refractivity contribution < 1.29 is 9.18 Å². The Labute approximate surface area is 168 Å². The SMILES string of the molecule is O=C1C(Sc2nnnn2-c2ccc(Cl)cc2)CCN1c1ccc(Cl)c(F)c1. The second-order valence-electron chi connectivity index (χ2n) is 5.83. The average molecular weight is 424 g/mol. The summed E-state index contributed by atoms with van der Waals surface area (Å²) >= 11 is 12.9. The van der Waals surface area contributed by atoms with Crippen LogP contribution in [-0.2, 0) is 4.79 Å². The fourth-order valence-corrected chi connectivity index (χ4v) is 4.07. The number of anilines is 1. The Balaban J connectivity index is 1.53. The molecule has 2 aromatic carbocycles. The minimum Gasteiger partial charge on any atom is -0.311 e. The van der Waals surface area contributed by atoms with Crippen LogP contribution >= 0.6 is 35.0 Å². The van der Waals surface area contributed by atoms with Gasteiger partial charge in [-0.05, 0) is 59.3 Å². The lowest BCUT2D eigenvalue weighted by Gasteiger charge is -2.17. The maximum absolute atomic E-state index is 13.7. The van der Waals surface area contributed by atoms with Crippen LogP contribution in [0.2, 0.25) is 10.0 Å². The maximum Gasteiger partial charge on any atom is 0.240 e. The fraction of sp³-hybridized carbons (Fsp3) is 0.176. The lowest BCUT2D eigenvalue weighted by Crippen LogP contribution is -2.28. The lowest BCUT2D eigenvalue weighted by molar-refractivity contribution is -0.116. The molecule has 2 heterocycles. The van der Waals surface area contributed by atoms with Crippen molar-refractivity contribution >= 4 is 46.6 Å². The highest BCUT2D eigenvalue weighted by atomic mass is 35.5. The Morgan fingerprint density at radius 2 is 1.85 bits per heavy atom. The summed E-state index contributed by atoms with van der Waals surface area (Å²) in [5.41, 5.74) is 1.23. The van der Waals surface area contributed by atoms with E-state index in [1.165, 1.54) is 23.9 Å². The number of hydrogen-bond acceptors (Lipinski definition) is 5. The number of aromatic nitrogens is 4. The third-order valence-corrected chi connectivity index (χ3v) is 5.88. The third kappa shape index (κ3) is 3.65. The van der Waals surface area contributed by atoms with Crippen molar-refractivity contribution in [2.24, 2.45) is 0 Å². The molecule has 138 valence electrons. The number of carbonyl (C=O) groups is 1. The fourth-order valence-electron chi connectivity index (χ4n) is 2.80. The molecule has 1 aliphatic heterocycles. The number of rotatable bonds is 4. The molecule has 1 fully saturated rings.